The van der Waals surface area contributed by atoms with E-state index in [1.807, 2.05) is 0 Å². The number of nitrogen functional groups attached to an aromatic ring is 1. The van der Waals surface area contributed by atoms with E-state index in [0.717, 1.165) is 4.57 Å². The van der Waals surface area contributed by atoms with Gasteiger partial charge in [0.15, 0.2) is 6.23 Å². The van der Waals surface area contributed by atoms with E-state index in [-0.39, 0.29) is 5.82 Å². The van der Waals surface area contributed by atoms with Gasteiger partial charge < -0.3 is 25.4 Å². The quantitative estimate of drug-likeness (QED) is 0.267. The van der Waals surface area contributed by atoms with Gasteiger partial charge in [-0.3, -0.25) is 9.36 Å². The van der Waals surface area contributed by atoms with Crippen molar-refractivity contribution in [2.24, 2.45) is 11.0 Å². The predicted octanol–water partition coefficient (Wildman–Crippen LogP) is -0.718. The van der Waals surface area contributed by atoms with Crippen LogP contribution >= 0.6 is 0 Å². The van der Waals surface area contributed by atoms with Crippen molar-refractivity contribution in [3.05, 3.63) is 33.2 Å². The predicted molar refractivity (Wildman–Crippen MR) is 82.7 cm³/mol. The van der Waals surface area contributed by atoms with Crippen LogP contribution < -0.4 is 11.4 Å². The SMILES string of the molecule is CC(C)C(=O)OC[C@@]1(N=[N+]=[N-])OC(n2ccc(N)nc2=O)[C@H](O)[C@@H]1O. The van der Waals surface area contributed by atoms with Crippen molar-refractivity contribution in [3.63, 3.8) is 0 Å². The first-order valence-corrected chi connectivity index (χ1v) is 7.33. The lowest BCUT2D eigenvalue weighted by molar-refractivity contribution is -0.168. The van der Waals surface area contributed by atoms with E-state index in [2.05, 4.69) is 15.0 Å². The highest BCUT2D eigenvalue weighted by Crippen LogP contribution is 2.38. The summed E-state index contributed by atoms with van der Waals surface area (Å²) in [6.45, 7) is 2.54. The fourth-order valence-corrected chi connectivity index (χ4v) is 2.26. The van der Waals surface area contributed by atoms with Gasteiger partial charge in [0.05, 0.1) is 5.92 Å². The minimum absolute atomic E-state index is 0.0403. The van der Waals surface area contributed by atoms with Crippen LogP contribution in [0, 0.1) is 5.92 Å². The first-order chi connectivity index (χ1) is 11.7. The molecule has 1 aliphatic heterocycles. The number of esters is 1. The lowest BCUT2D eigenvalue weighted by atomic mass is 10.1. The van der Waals surface area contributed by atoms with Crippen molar-refractivity contribution >= 4 is 11.8 Å². The molecule has 136 valence electrons. The molecule has 4 atom stereocenters. The molecular weight excluding hydrogens is 336 g/mol. The second-order valence-electron chi connectivity index (χ2n) is 5.78. The number of azide groups is 1. The number of hydrogen-bond donors (Lipinski definition) is 3. The minimum atomic E-state index is -2.09. The third-order valence-electron chi connectivity index (χ3n) is 3.63. The highest BCUT2D eigenvalue weighted by atomic mass is 16.6. The molecule has 0 saturated carbocycles. The molecule has 1 unspecified atom stereocenters. The van der Waals surface area contributed by atoms with Crippen LogP contribution in [0.5, 0.6) is 0 Å². The second kappa shape index (κ2) is 7.07. The monoisotopic (exact) mass is 354 g/mol. The van der Waals surface area contributed by atoms with Gasteiger partial charge in [0.1, 0.15) is 24.6 Å². The van der Waals surface area contributed by atoms with E-state index >= 15 is 0 Å². The number of carbonyl (C=O) groups is 1. The van der Waals surface area contributed by atoms with Gasteiger partial charge in [0, 0.05) is 11.1 Å². The van der Waals surface area contributed by atoms with Crippen LogP contribution in [0.3, 0.4) is 0 Å². The van der Waals surface area contributed by atoms with Gasteiger partial charge in [0.2, 0.25) is 5.72 Å². The average molecular weight is 354 g/mol. The van der Waals surface area contributed by atoms with Crippen molar-refractivity contribution in [3.8, 4) is 0 Å². The molecule has 0 aliphatic carbocycles. The van der Waals surface area contributed by atoms with Crippen molar-refractivity contribution in [1.82, 2.24) is 9.55 Å². The molecule has 0 aromatic carbocycles. The largest absolute Gasteiger partial charge is 0.462 e. The van der Waals surface area contributed by atoms with E-state index in [1.165, 1.54) is 12.3 Å². The number of rotatable bonds is 5. The van der Waals surface area contributed by atoms with E-state index < -0.39 is 48.3 Å². The molecule has 25 heavy (non-hydrogen) atoms. The zero-order chi connectivity index (χ0) is 18.8. The maximum Gasteiger partial charge on any atom is 0.351 e. The molecule has 0 radical (unpaired) electrons. The number of carbonyl (C=O) groups excluding carboxylic acids is 1. The second-order valence-corrected chi connectivity index (χ2v) is 5.78. The Morgan fingerprint density at radius 3 is 2.88 bits per heavy atom. The molecule has 12 heteroatoms. The number of hydrogen-bond acceptors (Lipinski definition) is 9. The molecule has 2 heterocycles. The normalized spacial score (nSPS) is 28.6. The Labute approximate surface area is 141 Å². The van der Waals surface area contributed by atoms with Gasteiger partial charge in [0.25, 0.3) is 0 Å². The number of nitrogens with zero attached hydrogens (tertiary/aromatic N) is 5. The van der Waals surface area contributed by atoms with Crippen LogP contribution in [0.25, 0.3) is 10.4 Å². The maximum atomic E-state index is 11.9. The van der Waals surface area contributed by atoms with Crippen LogP contribution in [-0.2, 0) is 14.3 Å². The van der Waals surface area contributed by atoms with Gasteiger partial charge in [-0.25, -0.2) is 4.79 Å². The van der Waals surface area contributed by atoms with Gasteiger partial charge in [-0.1, -0.05) is 19.0 Å². The molecule has 4 N–H and O–H groups in total. The van der Waals surface area contributed by atoms with Crippen LogP contribution in [0.4, 0.5) is 5.82 Å². The zero-order valence-electron chi connectivity index (χ0n) is 13.5. The average Bonchev–Trinajstić information content (AvgIpc) is 2.78. The first kappa shape index (κ1) is 18.7. The maximum absolute atomic E-state index is 11.9. The van der Waals surface area contributed by atoms with Gasteiger partial charge in [-0.2, -0.15) is 4.98 Å². The minimum Gasteiger partial charge on any atom is -0.462 e. The van der Waals surface area contributed by atoms with Gasteiger partial charge in [-0.05, 0) is 11.6 Å². The molecule has 1 aliphatic rings. The molecular formula is C13H18N6O6. The third-order valence-corrected chi connectivity index (χ3v) is 3.63. The summed E-state index contributed by atoms with van der Waals surface area (Å²) in [4.78, 5) is 29.6. The summed E-state index contributed by atoms with van der Waals surface area (Å²) in [7, 11) is 0. The summed E-state index contributed by atoms with van der Waals surface area (Å²) in [6.07, 6.45) is -3.61. The first-order valence-electron chi connectivity index (χ1n) is 7.33. The molecule has 1 saturated heterocycles. The zero-order valence-corrected chi connectivity index (χ0v) is 13.5. The van der Waals surface area contributed by atoms with E-state index in [9.17, 15) is 19.8 Å². The summed E-state index contributed by atoms with van der Waals surface area (Å²) in [6, 6.07) is 1.29. The number of aromatic nitrogens is 2. The van der Waals surface area contributed by atoms with Crippen LogP contribution in [0.2, 0.25) is 0 Å². The van der Waals surface area contributed by atoms with E-state index in [4.69, 9.17) is 20.7 Å². The molecule has 1 fully saturated rings. The molecule has 2 rings (SSSR count). The van der Waals surface area contributed by atoms with Crippen molar-refractivity contribution in [1.29, 1.82) is 0 Å². The van der Waals surface area contributed by atoms with E-state index in [0.29, 0.717) is 0 Å². The summed E-state index contributed by atoms with van der Waals surface area (Å²) in [5.74, 6) is -1.12. The van der Waals surface area contributed by atoms with Gasteiger partial charge in [-0.15, -0.1) is 0 Å². The van der Waals surface area contributed by atoms with Crippen molar-refractivity contribution in [2.45, 2.75) is 38.0 Å². The summed E-state index contributed by atoms with van der Waals surface area (Å²) >= 11 is 0. The molecule has 0 amide bonds. The van der Waals surface area contributed by atoms with Gasteiger partial charge >= 0.3 is 11.7 Å². The van der Waals surface area contributed by atoms with Crippen molar-refractivity contribution < 1.29 is 24.5 Å². The summed E-state index contributed by atoms with van der Waals surface area (Å²) in [5.41, 5.74) is 11.2. The lowest BCUT2D eigenvalue weighted by Crippen LogP contribution is -2.45. The van der Waals surface area contributed by atoms with Crippen LogP contribution in [0.1, 0.15) is 20.1 Å². The lowest BCUT2D eigenvalue weighted by Gasteiger charge is -2.26. The standard InChI is InChI=1S/C13H18N6O6/c1-6(2)11(22)24-5-13(17-18-15)9(21)8(20)10(25-13)19-4-3-7(14)16-12(19)23/h3-4,6,8-10,20-21H,5H2,1-2H3,(H2,14,16,23)/t8-,9+,10?,13-/m1/s1. The molecule has 0 spiro atoms. The Kier molecular flexibility index (Phi) is 5.28. The molecule has 0 bridgehead atoms. The fourth-order valence-electron chi connectivity index (χ4n) is 2.26. The number of aliphatic hydroxyl groups excluding tert-OH is 2. The summed E-state index contributed by atoms with van der Waals surface area (Å²) in [5, 5.41) is 23.9. The number of aliphatic hydroxyl groups is 2. The van der Waals surface area contributed by atoms with Crippen LogP contribution in [-0.4, -0.2) is 50.3 Å². The highest BCUT2D eigenvalue weighted by molar-refractivity contribution is 5.71. The number of nitrogens with two attached hydrogens (primary N) is 1. The van der Waals surface area contributed by atoms with E-state index in [1.54, 1.807) is 13.8 Å². The smallest absolute Gasteiger partial charge is 0.351 e. The highest BCUT2D eigenvalue weighted by Gasteiger charge is 2.56. The molecule has 1 aromatic heterocycles. The topological polar surface area (TPSA) is 186 Å². The summed E-state index contributed by atoms with van der Waals surface area (Å²) < 4.78 is 11.3. The molecule has 1 aromatic rings. The Morgan fingerprint density at radius 1 is 1.64 bits per heavy atom. The van der Waals surface area contributed by atoms with Crippen LogP contribution in [0.15, 0.2) is 22.2 Å². The number of anilines is 1. The third kappa shape index (κ3) is 3.56. The Bertz CT molecular complexity index is 760. The fraction of sp³-hybridized carbons (Fsp3) is 0.615. The molecule has 12 nitrogen and oxygen atoms in total. The Hall–Kier alpha value is -2.66. The number of ether oxygens (including phenoxy) is 2. The Morgan fingerprint density at radius 2 is 2.32 bits per heavy atom. The Balaban J connectivity index is 2.34. The van der Waals surface area contributed by atoms with Crippen molar-refractivity contribution in [2.75, 3.05) is 12.3 Å².